The van der Waals surface area contributed by atoms with Crippen LogP contribution in [0.3, 0.4) is 0 Å². The molecule has 0 saturated carbocycles. The number of esters is 1. The summed E-state index contributed by atoms with van der Waals surface area (Å²) in [6, 6.07) is 8.09. The lowest BCUT2D eigenvalue weighted by molar-refractivity contribution is -0.138. The highest BCUT2D eigenvalue weighted by Crippen LogP contribution is 2.36. The Labute approximate surface area is 223 Å². The Balaban J connectivity index is 1.56. The molecule has 0 amide bonds. The Morgan fingerprint density at radius 2 is 1.95 bits per heavy atom. The molecule has 1 aromatic rings. The molecule has 1 saturated heterocycles. The first-order chi connectivity index (χ1) is 18.4. The minimum atomic E-state index is -0.501. The highest BCUT2D eigenvalue weighted by atomic mass is 16.5. The van der Waals surface area contributed by atoms with Crippen molar-refractivity contribution in [3.8, 4) is 0 Å². The number of ether oxygens (including phenoxy) is 3. The highest BCUT2D eigenvalue weighted by molar-refractivity contribution is 6.09. The van der Waals surface area contributed by atoms with E-state index in [0.29, 0.717) is 49.0 Å². The van der Waals surface area contributed by atoms with Crippen LogP contribution in [0.25, 0.3) is 0 Å². The molecular formula is C31H36O7. The molecule has 1 aliphatic heterocycles. The molecule has 0 aromatic heterocycles. The third kappa shape index (κ3) is 6.66. The van der Waals surface area contributed by atoms with Gasteiger partial charge in [0, 0.05) is 25.0 Å². The average molecular weight is 521 g/mol. The summed E-state index contributed by atoms with van der Waals surface area (Å²) in [4.78, 5) is 25.5. The summed E-state index contributed by atoms with van der Waals surface area (Å²) in [5, 5.41) is 19.7. The molecule has 0 radical (unpaired) electrons. The molecule has 38 heavy (non-hydrogen) atoms. The zero-order valence-corrected chi connectivity index (χ0v) is 22.0. The number of carbonyl (C=O) groups is 2. The number of rotatable bonds is 10. The van der Waals surface area contributed by atoms with Crippen LogP contribution in [0, 0.1) is 0 Å². The first kappa shape index (κ1) is 27.9. The molecule has 1 fully saturated rings. The number of hydrogen-bond donors (Lipinski definition) is 2. The van der Waals surface area contributed by atoms with Gasteiger partial charge < -0.3 is 24.4 Å². The smallest absolute Gasteiger partial charge is 0.338 e. The number of aliphatic hydroxyl groups is 2. The fourth-order valence-electron chi connectivity index (χ4n) is 5.05. The van der Waals surface area contributed by atoms with Gasteiger partial charge in [0.25, 0.3) is 0 Å². The van der Waals surface area contributed by atoms with Crippen molar-refractivity contribution in [2.45, 2.75) is 57.8 Å². The second-order valence-electron chi connectivity index (χ2n) is 9.61. The van der Waals surface area contributed by atoms with Crippen molar-refractivity contribution in [3.05, 3.63) is 93.6 Å². The zero-order chi connectivity index (χ0) is 27.1. The summed E-state index contributed by atoms with van der Waals surface area (Å²) < 4.78 is 16.6. The van der Waals surface area contributed by atoms with Crippen LogP contribution in [0.2, 0.25) is 0 Å². The van der Waals surface area contributed by atoms with Crippen molar-refractivity contribution in [2.75, 3.05) is 26.4 Å². The van der Waals surface area contributed by atoms with Crippen molar-refractivity contribution in [3.63, 3.8) is 0 Å². The minimum Gasteiger partial charge on any atom is -0.462 e. The van der Waals surface area contributed by atoms with Crippen molar-refractivity contribution in [2.24, 2.45) is 0 Å². The topological polar surface area (TPSA) is 102 Å². The maximum absolute atomic E-state index is 12.8. The molecule has 2 N–H and O–H groups in total. The van der Waals surface area contributed by atoms with Gasteiger partial charge in [-0.3, -0.25) is 4.79 Å². The van der Waals surface area contributed by atoms with Gasteiger partial charge in [0.05, 0.1) is 37.1 Å². The number of hydrogen-bond acceptors (Lipinski definition) is 7. The van der Waals surface area contributed by atoms with Gasteiger partial charge in [0.15, 0.2) is 5.78 Å². The fourth-order valence-corrected chi connectivity index (χ4v) is 5.05. The highest BCUT2D eigenvalue weighted by Gasteiger charge is 2.30. The summed E-state index contributed by atoms with van der Waals surface area (Å²) in [7, 11) is 0. The largest absolute Gasteiger partial charge is 0.462 e. The Morgan fingerprint density at radius 3 is 2.71 bits per heavy atom. The number of aliphatic hydroxyl groups excluding tert-OH is 2. The van der Waals surface area contributed by atoms with Gasteiger partial charge in [0.1, 0.15) is 6.61 Å². The predicted octanol–water partition coefficient (Wildman–Crippen LogP) is 4.02. The molecule has 4 rings (SSSR count). The van der Waals surface area contributed by atoms with Crippen LogP contribution >= 0.6 is 0 Å². The Bertz CT molecular complexity index is 1200. The number of allylic oxidation sites excluding steroid dienone is 7. The zero-order valence-electron chi connectivity index (χ0n) is 22.0. The number of ketones is 1. The number of benzene rings is 1. The monoisotopic (exact) mass is 520 g/mol. The van der Waals surface area contributed by atoms with Gasteiger partial charge in [-0.2, -0.15) is 0 Å². The summed E-state index contributed by atoms with van der Waals surface area (Å²) in [5.74, 6) is -0.615. The standard InChI is InChI=1S/C31H36O7/c1-3-36-19-29(34)27-17-28(31(35)37-4-2)26-12-11-20(7-6-10-25(26)27)13-21-8-5-9-22(14-21)30-16-23(33)15-24(18-32)38-30/h5,7-12,14,17,23-24,30,32-33H,3-4,6,13,15-16,18-19H2,1-2H3/b12-11-,20-7+,25-10+. The van der Waals surface area contributed by atoms with E-state index in [-0.39, 0.29) is 37.8 Å². The van der Waals surface area contributed by atoms with E-state index >= 15 is 0 Å². The minimum absolute atomic E-state index is 0.0367. The van der Waals surface area contributed by atoms with Gasteiger partial charge >= 0.3 is 5.97 Å². The lowest BCUT2D eigenvalue weighted by Crippen LogP contribution is -2.33. The van der Waals surface area contributed by atoms with Gasteiger partial charge in [-0.25, -0.2) is 4.79 Å². The molecule has 0 bridgehead atoms. The van der Waals surface area contributed by atoms with Crippen molar-refractivity contribution < 1.29 is 34.0 Å². The van der Waals surface area contributed by atoms with Crippen LogP contribution in [-0.2, 0) is 30.2 Å². The summed E-state index contributed by atoms with van der Waals surface area (Å²) in [6.07, 6.45) is 10.7. The van der Waals surface area contributed by atoms with Gasteiger partial charge in [-0.15, -0.1) is 0 Å². The Morgan fingerprint density at radius 1 is 1.11 bits per heavy atom. The van der Waals surface area contributed by atoms with Crippen molar-refractivity contribution in [1.29, 1.82) is 0 Å². The molecule has 202 valence electrons. The van der Waals surface area contributed by atoms with Crippen LogP contribution < -0.4 is 0 Å². The van der Waals surface area contributed by atoms with Crippen molar-refractivity contribution in [1.82, 2.24) is 0 Å². The second kappa shape index (κ2) is 13.1. The number of Topliss-reactive ketones (excluding diaryl/α,β-unsaturated/α-hetero) is 1. The van der Waals surface area contributed by atoms with Gasteiger partial charge in [-0.05, 0) is 60.6 Å². The summed E-state index contributed by atoms with van der Waals surface area (Å²) >= 11 is 0. The first-order valence-corrected chi connectivity index (χ1v) is 13.3. The SMILES string of the molecule is CCOCC(=O)C1=CC(C(=O)OCC)=C2/C=C\C(Cc3cccc(C4CC(O)CC(CO)O4)c3)=C/C/C=C/12. The summed E-state index contributed by atoms with van der Waals surface area (Å²) in [6.45, 7) is 4.12. The van der Waals surface area contributed by atoms with Crippen LogP contribution in [0.15, 0.2) is 82.5 Å². The molecule has 7 heteroatoms. The van der Waals surface area contributed by atoms with E-state index in [9.17, 15) is 19.8 Å². The predicted molar refractivity (Wildman–Crippen MR) is 143 cm³/mol. The van der Waals surface area contributed by atoms with E-state index in [4.69, 9.17) is 14.2 Å². The molecule has 3 atom stereocenters. The van der Waals surface area contributed by atoms with Crippen LogP contribution in [-0.4, -0.2) is 60.6 Å². The third-order valence-corrected chi connectivity index (χ3v) is 6.87. The average Bonchev–Trinajstić information content (AvgIpc) is 3.26. The van der Waals surface area contributed by atoms with Crippen LogP contribution in [0.4, 0.5) is 0 Å². The van der Waals surface area contributed by atoms with E-state index in [1.54, 1.807) is 13.0 Å². The normalized spacial score (nSPS) is 26.7. The van der Waals surface area contributed by atoms with Gasteiger partial charge in [0.2, 0.25) is 0 Å². The quantitative estimate of drug-likeness (QED) is 0.449. The number of fused-ring (bicyclic) bond motifs is 1. The molecule has 2 aliphatic carbocycles. The van der Waals surface area contributed by atoms with Crippen LogP contribution in [0.5, 0.6) is 0 Å². The van der Waals surface area contributed by atoms with E-state index in [1.165, 1.54) is 0 Å². The molecule has 1 aromatic carbocycles. The van der Waals surface area contributed by atoms with Gasteiger partial charge in [-0.1, -0.05) is 48.6 Å². The molecular weight excluding hydrogens is 484 g/mol. The van der Waals surface area contributed by atoms with E-state index in [0.717, 1.165) is 22.3 Å². The lowest BCUT2D eigenvalue weighted by atomic mass is 9.92. The maximum Gasteiger partial charge on any atom is 0.338 e. The third-order valence-electron chi connectivity index (χ3n) is 6.87. The summed E-state index contributed by atoms with van der Waals surface area (Å²) in [5.41, 5.74) is 5.40. The molecule has 0 spiro atoms. The molecule has 1 heterocycles. The van der Waals surface area contributed by atoms with E-state index in [1.807, 2.05) is 43.4 Å². The molecule has 7 nitrogen and oxygen atoms in total. The first-order valence-electron chi connectivity index (χ1n) is 13.3. The Kier molecular flexibility index (Phi) is 9.63. The molecule has 3 aliphatic rings. The second-order valence-corrected chi connectivity index (χ2v) is 9.61. The number of carbonyl (C=O) groups excluding carboxylic acids is 2. The molecule has 3 unspecified atom stereocenters. The van der Waals surface area contributed by atoms with E-state index in [2.05, 4.69) is 12.1 Å². The fraction of sp³-hybridized carbons (Fsp3) is 0.419. The lowest BCUT2D eigenvalue weighted by Gasteiger charge is -2.32. The Hall–Kier alpha value is -3.10. The maximum atomic E-state index is 12.8. The van der Waals surface area contributed by atoms with Crippen molar-refractivity contribution >= 4 is 11.8 Å². The van der Waals surface area contributed by atoms with E-state index < -0.39 is 12.1 Å². The van der Waals surface area contributed by atoms with Crippen LogP contribution in [0.1, 0.15) is 50.3 Å².